The molecule has 0 heterocycles. The van der Waals surface area contributed by atoms with Gasteiger partial charge in [0.1, 0.15) is 0 Å². The molecule has 0 radical (unpaired) electrons. The molecule has 0 aliphatic heterocycles. The normalized spacial score (nSPS) is 35.1. The van der Waals surface area contributed by atoms with Crippen LogP contribution in [0.5, 0.6) is 0 Å². The van der Waals surface area contributed by atoms with Crippen molar-refractivity contribution in [3.05, 3.63) is 36.0 Å². The van der Waals surface area contributed by atoms with Gasteiger partial charge in [-0.3, -0.25) is 0 Å². The SMILES string of the molecule is C=C1CCC[C@@]2(C)CC[C@@H](/C(C)=C/C=C/C(C)(C)O)C[C@H]12. The van der Waals surface area contributed by atoms with Gasteiger partial charge in [0.15, 0.2) is 0 Å². The van der Waals surface area contributed by atoms with E-state index in [9.17, 15) is 5.11 Å². The van der Waals surface area contributed by atoms with Gasteiger partial charge in [0.05, 0.1) is 5.60 Å². The quantitative estimate of drug-likeness (QED) is 0.543. The Bertz CT molecular complexity index is 449. The van der Waals surface area contributed by atoms with E-state index in [0.29, 0.717) is 17.3 Å². The summed E-state index contributed by atoms with van der Waals surface area (Å²) in [5.41, 5.74) is 2.73. The molecule has 0 aromatic carbocycles. The topological polar surface area (TPSA) is 20.2 Å². The van der Waals surface area contributed by atoms with E-state index in [2.05, 4.69) is 26.5 Å². The van der Waals surface area contributed by atoms with E-state index in [1.165, 1.54) is 49.7 Å². The van der Waals surface area contributed by atoms with Crippen molar-refractivity contribution in [1.82, 2.24) is 0 Å². The van der Waals surface area contributed by atoms with Crippen LogP contribution in [0.2, 0.25) is 0 Å². The fraction of sp³-hybridized carbons (Fsp3) is 0.700. The van der Waals surface area contributed by atoms with Gasteiger partial charge >= 0.3 is 0 Å². The summed E-state index contributed by atoms with van der Waals surface area (Å²) < 4.78 is 0. The van der Waals surface area contributed by atoms with Gasteiger partial charge < -0.3 is 5.11 Å². The first-order valence-corrected chi connectivity index (χ1v) is 8.47. The van der Waals surface area contributed by atoms with Gasteiger partial charge in [-0.1, -0.05) is 42.9 Å². The summed E-state index contributed by atoms with van der Waals surface area (Å²) in [6.07, 6.45) is 13.9. The second-order valence-corrected chi connectivity index (χ2v) is 8.11. The van der Waals surface area contributed by atoms with Crippen LogP contribution in [0.4, 0.5) is 0 Å². The van der Waals surface area contributed by atoms with E-state index >= 15 is 0 Å². The first kappa shape index (κ1) is 16.5. The van der Waals surface area contributed by atoms with Crippen molar-refractivity contribution in [2.24, 2.45) is 17.3 Å². The number of rotatable bonds is 3. The highest BCUT2D eigenvalue weighted by Crippen LogP contribution is 2.54. The van der Waals surface area contributed by atoms with Crippen molar-refractivity contribution in [1.29, 1.82) is 0 Å². The molecule has 0 aromatic heterocycles. The van der Waals surface area contributed by atoms with Crippen LogP contribution in [0.1, 0.15) is 66.2 Å². The summed E-state index contributed by atoms with van der Waals surface area (Å²) in [6.45, 7) is 12.7. The molecule has 2 aliphatic carbocycles. The third-order valence-corrected chi connectivity index (χ3v) is 5.67. The van der Waals surface area contributed by atoms with Crippen LogP contribution in [-0.4, -0.2) is 10.7 Å². The Balaban J connectivity index is 2.05. The summed E-state index contributed by atoms with van der Waals surface area (Å²) >= 11 is 0. The van der Waals surface area contributed by atoms with Crippen molar-refractivity contribution in [2.75, 3.05) is 0 Å². The third-order valence-electron chi connectivity index (χ3n) is 5.67. The van der Waals surface area contributed by atoms with Crippen molar-refractivity contribution in [2.45, 2.75) is 71.8 Å². The molecule has 3 atom stereocenters. The molecule has 118 valence electrons. The van der Waals surface area contributed by atoms with E-state index in [-0.39, 0.29) is 0 Å². The molecule has 2 fully saturated rings. The Morgan fingerprint density at radius 1 is 1.38 bits per heavy atom. The average Bonchev–Trinajstić information content (AvgIpc) is 2.36. The monoisotopic (exact) mass is 288 g/mol. The molecule has 0 spiro atoms. The van der Waals surface area contributed by atoms with E-state index in [1.807, 2.05) is 26.0 Å². The zero-order chi connectivity index (χ0) is 15.7. The van der Waals surface area contributed by atoms with Crippen molar-refractivity contribution in [3.63, 3.8) is 0 Å². The van der Waals surface area contributed by atoms with Crippen LogP contribution >= 0.6 is 0 Å². The van der Waals surface area contributed by atoms with Gasteiger partial charge in [-0.2, -0.15) is 0 Å². The Labute approximate surface area is 130 Å². The molecular formula is C20H32O. The molecular weight excluding hydrogens is 256 g/mol. The minimum atomic E-state index is -0.723. The van der Waals surface area contributed by atoms with Crippen LogP contribution in [-0.2, 0) is 0 Å². The lowest BCUT2D eigenvalue weighted by Crippen LogP contribution is -2.38. The number of allylic oxidation sites excluding steroid dienone is 4. The van der Waals surface area contributed by atoms with Crippen LogP contribution in [0.25, 0.3) is 0 Å². The molecule has 1 heteroatoms. The lowest BCUT2D eigenvalue weighted by atomic mass is 9.56. The fourth-order valence-electron chi connectivity index (χ4n) is 4.20. The highest BCUT2D eigenvalue weighted by Gasteiger charge is 2.42. The zero-order valence-electron chi connectivity index (χ0n) is 14.3. The largest absolute Gasteiger partial charge is 0.386 e. The Morgan fingerprint density at radius 3 is 2.76 bits per heavy atom. The Kier molecular flexibility index (Phi) is 4.82. The summed E-state index contributed by atoms with van der Waals surface area (Å²) in [7, 11) is 0. The smallest absolute Gasteiger partial charge is 0.0774 e. The molecule has 21 heavy (non-hydrogen) atoms. The summed E-state index contributed by atoms with van der Waals surface area (Å²) in [4.78, 5) is 0. The van der Waals surface area contributed by atoms with Crippen molar-refractivity contribution in [3.8, 4) is 0 Å². The number of hydrogen-bond acceptors (Lipinski definition) is 1. The first-order valence-electron chi connectivity index (χ1n) is 8.47. The van der Waals surface area contributed by atoms with E-state index < -0.39 is 5.60 Å². The number of aliphatic hydroxyl groups is 1. The van der Waals surface area contributed by atoms with E-state index in [1.54, 1.807) is 0 Å². The van der Waals surface area contributed by atoms with Gasteiger partial charge in [-0.25, -0.2) is 0 Å². The summed E-state index contributed by atoms with van der Waals surface area (Å²) in [5.74, 6) is 1.40. The average molecular weight is 288 g/mol. The highest BCUT2D eigenvalue weighted by molar-refractivity contribution is 5.20. The zero-order valence-corrected chi connectivity index (χ0v) is 14.3. The molecule has 0 unspecified atom stereocenters. The standard InChI is InChI=1S/C20H32O/c1-15(8-6-11-19(3,4)21)17-10-13-20(5)12-7-9-16(2)18(20)14-17/h6,8,11,17-18,21H,2,7,9-10,12-14H2,1,3-5H3/b11-6+,15-8+/t17-,18-,20+/m1/s1. The Hall–Kier alpha value is -0.820. The lowest BCUT2D eigenvalue weighted by molar-refractivity contribution is 0.0831. The lowest BCUT2D eigenvalue weighted by Gasteiger charge is -2.49. The maximum absolute atomic E-state index is 9.74. The van der Waals surface area contributed by atoms with Gasteiger partial charge in [0.2, 0.25) is 0 Å². The minimum absolute atomic E-state index is 0.509. The minimum Gasteiger partial charge on any atom is -0.386 e. The fourth-order valence-corrected chi connectivity index (χ4v) is 4.20. The van der Waals surface area contributed by atoms with Crippen LogP contribution in [0.15, 0.2) is 36.0 Å². The molecule has 1 N–H and O–H groups in total. The summed E-state index contributed by atoms with van der Waals surface area (Å²) in [6, 6.07) is 0. The molecule has 0 amide bonds. The van der Waals surface area contributed by atoms with E-state index in [0.717, 1.165) is 0 Å². The van der Waals surface area contributed by atoms with Crippen LogP contribution < -0.4 is 0 Å². The van der Waals surface area contributed by atoms with Crippen LogP contribution in [0.3, 0.4) is 0 Å². The van der Waals surface area contributed by atoms with Gasteiger partial charge in [-0.05, 0) is 76.5 Å². The maximum atomic E-state index is 9.74. The molecule has 0 bridgehead atoms. The second-order valence-electron chi connectivity index (χ2n) is 8.11. The van der Waals surface area contributed by atoms with E-state index in [4.69, 9.17) is 0 Å². The van der Waals surface area contributed by atoms with Gasteiger partial charge in [0.25, 0.3) is 0 Å². The van der Waals surface area contributed by atoms with Crippen molar-refractivity contribution >= 4 is 0 Å². The maximum Gasteiger partial charge on any atom is 0.0774 e. The van der Waals surface area contributed by atoms with Gasteiger partial charge in [-0.15, -0.1) is 0 Å². The third kappa shape index (κ3) is 4.10. The molecule has 1 nitrogen and oxygen atoms in total. The number of hydrogen-bond donors (Lipinski definition) is 1. The molecule has 0 saturated heterocycles. The Morgan fingerprint density at radius 2 is 2.10 bits per heavy atom. The molecule has 2 saturated carbocycles. The highest BCUT2D eigenvalue weighted by atomic mass is 16.3. The number of fused-ring (bicyclic) bond motifs is 1. The van der Waals surface area contributed by atoms with Crippen molar-refractivity contribution < 1.29 is 5.11 Å². The molecule has 2 aliphatic rings. The second kappa shape index (κ2) is 6.12. The van der Waals surface area contributed by atoms with Gasteiger partial charge in [0, 0.05) is 0 Å². The first-order chi connectivity index (χ1) is 9.71. The predicted octanol–water partition coefficient (Wildman–Crippen LogP) is 5.42. The predicted molar refractivity (Wildman–Crippen MR) is 91.1 cm³/mol. The molecule has 2 rings (SSSR count). The van der Waals surface area contributed by atoms with Crippen LogP contribution in [0, 0.1) is 17.3 Å². The molecule has 0 aromatic rings. The summed E-state index contributed by atoms with van der Waals surface area (Å²) in [5, 5.41) is 9.74.